The van der Waals surface area contributed by atoms with E-state index in [1.54, 1.807) is 24.3 Å². The van der Waals surface area contributed by atoms with Gasteiger partial charge in [-0.2, -0.15) is 0 Å². The second-order valence-corrected chi connectivity index (χ2v) is 5.14. The molecule has 16 heavy (non-hydrogen) atoms. The van der Waals surface area contributed by atoms with Gasteiger partial charge in [0.15, 0.2) is 0 Å². The van der Waals surface area contributed by atoms with Crippen LogP contribution in [0.3, 0.4) is 0 Å². The minimum atomic E-state index is -1.08. The summed E-state index contributed by atoms with van der Waals surface area (Å²) in [6.45, 7) is 0. The molecule has 88 valence electrons. The van der Waals surface area contributed by atoms with Gasteiger partial charge >= 0.3 is 0 Å². The lowest BCUT2D eigenvalue weighted by Crippen LogP contribution is -2.45. The van der Waals surface area contributed by atoms with E-state index < -0.39 is 11.7 Å². The number of halogens is 2. The topological polar surface area (TPSA) is 26.0 Å². The van der Waals surface area contributed by atoms with Crippen LogP contribution in [0.2, 0.25) is 5.02 Å². The molecule has 1 fully saturated rings. The molecule has 3 heteroatoms. The number of hydrogen-bond donors (Lipinski definition) is 1. The Bertz CT molecular complexity index is 343. The maximum Gasteiger partial charge on any atom is 0.143 e. The highest BCUT2D eigenvalue weighted by Crippen LogP contribution is 2.39. The number of hydrogen-bond acceptors (Lipinski definition) is 1. The molecule has 0 amide bonds. The molecule has 1 atom stereocenters. The molecule has 2 rings (SSSR count). The Morgan fingerprint density at radius 2 is 1.69 bits per heavy atom. The van der Waals surface area contributed by atoms with Crippen LogP contribution < -0.4 is 5.73 Å². The normalized spacial score (nSPS) is 21.7. The van der Waals surface area contributed by atoms with E-state index in [2.05, 4.69) is 0 Å². The molecule has 1 saturated carbocycles. The van der Waals surface area contributed by atoms with Gasteiger partial charge < -0.3 is 5.73 Å². The molecule has 2 N–H and O–H groups in total. The lowest BCUT2D eigenvalue weighted by molar-refractivity contribution is 0.143. The Kier molecular flexibility index (Phi) is 3.50. The molecule has 1 aliphatic carbocycles. The predicted octanol–water partition coefficient (Wildman–Crippen LogP) is 4.01. The Labute approximate surface area is 101 Å². The highest BCUT2D eigenvalue weighted by Gasteiger charge is 2.37. The van der Waals surface area contributed by atoms with E-state index in [1.807, 2.05) is 0 Å². The standard InChI is InChI=1S/C13H17ClFN/c14-11-6-4-10(5-7-11)12(15)13(16)8-2-1-3-9-13/h4-7,12H,1-3,8-9,16H2. The van der Waals surface area contributed by atoms with E-state index in [4.69, 9.17) is 17.3 Å². The van der Waals surface area contributed by atoms with Crippen molar-refractivity contribution in [2.24, 2.45) is 5.73 Å². The lowest BCUT2D eigenvalue weighted by Gasteiger charge is -2.36. The third-order valence-electron chi connectivity index (χ3n) is 3.45. The third kappa shape index (κ3) is 2.38. The van der Waals surface area contributed by atoms with Gasteiger partial charge in [-0.25, -0.2) is 4.39 Å². The van der Waals surface area contributed by atoms with Crippen LogP contribution in [0.5, 0.6) is 0 Å². The molecule has 0 saturated heterocycles. The SMILES string of the molecule is NC1(C(F)c2ccc(Cl)cc2)CCCCC1. The van der Waals surface area contributed by atoms with Crippen LogP contribution in [0.15, 0.2) is 24.3 Å². The van der Waals surface area contributed by atoms with Crippen LogP contribution in [0.1, 0.15) is 43.8 Å². The lowest BCUT2D eigenvalue weighted by atomic mass is 9.77. The van der Waals surface area contributed by atoms with Gasteiger partial charge in [-0.1, -0.05) is 43.0 Å². The molecule has 0 heterocycles. The van der Waals surface area contributed by atoms with Crippen molar-refractivity contribution in [2.45, 2.75) is 43.8 Å². The predicted molar refractivity (Wildman–Crippen MR) is 65.3 cm³/mol. The highest BCUT2D eigenvalue weighted by molar-refractivity contribution is 6.30. The summed E-state index contributed by atoms with van der Waals surface area (Å²) in [4.78, 5) is 0. The van der Waals surface area contributed by atoms with E-state index in [0.717, 1.165) is 25.7 Å². The van der Waals surface area contributed by atoms with Crippen molar-refractivity contribution in [2.75, 3.05) is 0 Å². The fourth-order valence-electron chi connectivity index (χ4n) is 2.43. The third-order valence-corrected chi connectivity index (χ3v) is 3.70. The zero-order chi connectivity index (χ0) is 11.6. The molecule has 0 aromatic heterocycles. The summed E-state index contributed by atoms with van der Waals surface area (Å²) in [6, 6.07) is 6.90. The summed E-state index contributed by atoms with van der Waals surface area (Å²) in [5, 5.41) is 0.630. The van der Waals surface area contributed by atoms with Crippen LogP contribution in [0.25, 0.3) is 0 Å². The van der Waals surface area contributed by atoms with Crippen LogP contribution in [0.4, 0.5) is 4.39 Å². The fourth-order valence-corrected chi connectivity index (χ4v) is 2.55. The fraction of sp³-hybridized carbons (Fsp3) is 0.538. The van der Waals surface area contributed by atoms with Crippen molar-refractivity contribution in [3.05, 3.63) is 34.9 Å². The van der Waals surface area contributed by atoms with Crippen LogP contribution in [0, 0.1) is 0 Å². The minimum Gasteiger partial charge on any atom is -0.322 e. The molecule has 0 radical (unpaired) electrons. The smallest absolute Gasteiger partial charge is 0.143 e. The molecular weight excluding hydrogens is 225 g/mol. The molecule has 1 aromatic rings. The Hall–Kier alpha value is -0.600. The zero-order valence-electron chi connectivity index (χ0n) is 9.26. The molecule has 1 aliphatic rings. The van der Waals surface area contributed by atoms with Crippen molar-refractivity contribution in [3.8, 4) is 0 Å². The first-order chi connectivity index (χ1) is 7.62. The average Bonchev–Trinajstić information content (AvgIpc) is 2.30. The van der Waals surface area contributed by atoms with Gasteiger partial charge in [-0.3, -0.25) is 0 Å². The quantitative estimate of drug-likeness (QED) is 0.832. The maximum atomic E-state index is 14.4. The summed E-state index contributed by atoms with van der Waals surface area (Å²) in [5.74, 6) is 0. The van der Waals surface area contributed by atoms with E-state index in [9.17, 15) is 4.39 Å². The van der Waals surface area contributed by atoms with E-state index >= 15 is 0 Å². The minimum absolute atomic E-state index is 0.630. The molecule has 1 aromatic carbocycles. The van der Waals surface area contributed by atoms with Gasteiger partial charge in [-0.05, 0) is 30.5 Å². The van der Waals surface area contributed by atoms with E-state index in [1.165, 1.54) is 6.42 Å². The summed E-state index contributed by atoms with van der Waals surface area (Å²) in [5.41, 5.74) is 6.14. The van der Waals surface area contributed by atoms with Gasteiger partial charge in [0.05, 0.1) is 5.54 Å². The molecular formula is C13H17ClFN. The average molecular weight is 242 g/mol. The largest absolute Gasteiger partial charge is 0.322 e. The molecule has 1 unspecified atom stereocenters. The Balaban J connectivity index is 2.16. The molecule has 0 aliphatic heterocycles. The summed E-state index contributed by atoms with van der Waals surface area (Å²) in [6.07, 6.45) is 3.71. The van der Waals surface area contributed by atoms with Crippen LogP contribution >= 0.6 is 11.6 Å². The maximum absolute atomic E-state index is 14.4. The monoisotopic (exact) mass is 241 g/mol. The first kappa shape index (κ1) is 11.9. The first-order valence-corrected chi connectivity index (χ1v) is 6.18. The van der Waals surface area contributed by atoms with Crippen molar-refractivity contribution in [1.29, 1.82) is 0 Å². The van der Waals surface area contributed by atoms with Crippen molar-refractivity contribution in [3.63, 3.8) is 0 Å². The first-order valence-electron chi connectivity index (χ1n) is 5.80. The molecule has 1 nitrogen and oxygen atoms in total. The van der Waals surface area contributed by atoms with E-state index in [0.29, 0.717) is 10.6 Å². The second-order valence-electron chi connectivity index (χ2n) is 4.71. The molecule has 0 spiro atoms. The second kappa shape index (κ2) is 4.72. The molecule has 0 bridgehead atoms. The number of nitrogens with two attached hydrogens (primary N) is 1. The number of rotatable bonds is 2. The number of alkyl halides is 1. The van der Waals surface area contributed by atoms with Gasteiger partial charge in [0.1, 0.15) is 6.17 Å². The zero-order valence-corrected chi connectivity index (χ0v) is 10.0. The van der Waals surface area contributed by atoms with Gasteiger partial charge in [-0.15, -0.1) is 0 Å². The Morgan fingerprint density at radius 3 is 2.25 bits per heavy atom. The highest BCUT2D eigenvalue weighted by atomic mass is 35.5. The van der Waals surface area contributed by atoms with Gasteiger partial charge in [0.25, 0.3) is 0 Å². The van der Waals surface area contributed by atoms with Gasteiger partial charge in [0.2, 0.25) is 0 Å². The van der Waals surface area contributed by atoms with Gasteiger partial charge in [0, 0.05) is 5.02 Å². The Morgan fingerprint density at radius 1 is 1.12 bits per heavy atom. The summed E-state index contributed by atoms with van der Waals surface area (Å²) >= 11 is 5.78. The van der Waals surface area contributed by atoms with Crippen molar-refractivity contribution >= 4 is 11.6 Å². The summed E-state index contributed by atoms with van der Waals surface area (Å²) in [7, 11) is 0. The van der Waals surface area contributed by atoms with Crippen LogP contribution in [-0.2, 0) is 0 Å². The van der Waals surface area contributed by atoms with Crippen LogP contribution in [-0.4, -0.2) is 5.54 Å². The number of benzene rings is 1. The summed E-state index contributed by atoms with van der Waals surface area (Å²) < 4.78 is 14.4. The van der Waals surface area contributed by atoms with Crippen molar-refractivity contribution < 1.29 is 4.39 Å². The van der Waals surface area contributed by atoms with E-state index in [-0.39, 0.29) is 0 Å². The van der Waals surface area contributed by atoms with Crippen molar-refractivity contribution in [1.82, 2.24) is 0 Å².